The van der Waals surface area contributed by atoms with Crippen molar-refractivity contribution in [3.05, 3.63) is 129 Å². The Morgan fingerprint density at radius 3 is 1.02 bits per heavy atom. The van der Waals surface area contributed by atoms with Crippen molar-refractivity contribution in [1.82, 2.24) is 0 Å². The maximum absolute atomic E-state index is 4.09. The third-order valence-corrected chi connectivity index (χ3v) is 10.0. The lowest BCUT2D eigenvalue weighted by Gasteiger charge is -2.20. The molecule has 4 aliphatic carbocycles. The van der Waals surface area contributed by atoms with Crippen LogP contribution in [0, 0.1) is 0 Å². The van der Waals surface area contributed by atoms with Gasteiger partial charge in [-0.2, -0.15) is 0 Å². The molecule has 0 amide bonds. The van der Waals surface area contributed by atoms with Crippen molar-refractivity contribution in [3.8, 4) is 55.6 Å². The van der Waals surface area contributed by atoms with Gasteiger partial charge in [0.2, 0.25) is 0 Å². The average molecular weight is 677 g/mol. The zero-order chi connectivity index (χ0) is 29.8. The highest BCUT2D eigenvalue weighted by molar-refractivity contribution is 9.11. The zero-order valence-corrected chi connectivity index (χ0v) is 28.3. The SMILES string of the molecule is CC(C)(C)c1ccc(-c2c3cccccc-3c(-c3ccc(C(C)(C)C)cc3)c2-c2c(Br)c3cccccc-3c2Br)cc1. The van der Waals surface area contributed by atoms with E-state index in [1.165, 1.54) is 66.8 Å². The van der Waals surface area contributed by atoms with Crippen LogP contribution in [0.2, 0.25) is 0 Å². The molecule has 0 N–H and O–H groups in total. The molecule has 0 saturated carbocycles. The van der Waals surface area contributed by atoms with Gasteiger partial charge >= 0.3 is 0 Å². The lowest BCUT2D eigenvalue weighted by Crippen LogP contribution is -2.10. The fourth-order valence-corrected chi connectivity index (χ4v) is 7.77. The van der Waals surface area contributed by atoms with Gasteiger partial charge in [-0.25, -0.2) is 0 Å². The first-order chi connectivity index (χ1) is 20.0. The van der Waals surface area contributed by atoms with Crippen LogP contribution in [-0.2, 0) is 10.8 Å². The van der Waals surface area contributed by atoms with Crippen molar-refractivity contribution in [2.24, 2.45) is 0 Å². The lowest BCUT2D eigenvalue weighted by atomic mass is 9.85. The van der Waals surface area contributed by atoms with E-state index in [0.29, 0.717) is 0 Å². The van der Waals surface area contributed by atoms with Gasteiger partial charge < -0.3 is 0 Å². The molecule has 0 unspecified atom stereocenters. The molecule has 4 aliphatic rings. The monoisotopic (exact) mass is 674 g/mol. The number of halogens is 2. The first kappa shape index (κ1) is 28.9. The molecule has 0 saturated heterocycles. The summed E-state index contributed by atoms with van der Waals surface area (Å²) in [5.41, 5.74) is 15.2. The third kappa shape index (κ3) is 5.03. The van der Waals surface area contributed by atoms with Gasteiger partial charge in [0.15, 0.2) is 0 Å². The number of fused-ring (bicyclic) bond motifs is 2. The van der Waals surface area contributed by atoms with E-state index < -0.39 is 0 Å². The van der Waals surface area contributed by atoms with Crippen molar-refractivity contribution >= 4 is 31.9 Å². The van der Waals surface area contributed by atoms with Crippen molar-refractivity contribution in [2.45, 2.75) is 52.4 Å². The smallest absolute Gasteiger partial charge is 0.0344 e. The molecule has 210 valence electrons. The molecule has 2 aromatic carbocycles. The fourth-order valence-electron chi connectivity index (χ4n) is 6.02. The molecule has 0 fully saturated rings. The van der Waals surface area contributed by atoms with Crippen LogP contribution in [0.5, 0.6) is 0 Å². The Balaban J connectivity index is 1.75. The minimum atomic E-state index is 0.0901. The van der Waals surface area contributed by atoms with Crippen LogP contribution < -0.4 is 0 Å². The molecule has 0 heterocycles. The Kier molecular flexibility index (Phi) is 7.44. The summed E-state index contributed by atoms with van der Waals surface area (Å²) < 4.78 is 2.22. The molecule has 0 atom stereocenters. The van der Waals surface area contributed by atoms with Gasteiger partial charge in [-0.1, -0.05) is 151 Å². The summed E-state index contributed by atoms with van der Waals surface area (Å²) >= 11 is 8.17. The van der Waals surface area contributed by atoms with Gasteiger partial charge in [0.1, 0.15) is 0 Å². The van der Waals surface area contributed by atoms with E-state index in [9.17, 15) is 0 Å². The number of rotatable bonds is 3. The van der Waals surface area contributed by atoms with E-state index in [4.69, 9.17) is 0 Å². The van der Waals surface area contributed by atoms with Crippen LogP contribution in [0.15, 0.2) is 118 Å². The summed E-state index contributed by atoms with van der Waals surface area (Å²) in [5, 5.41) is 0. The molecular formula is C40H36Br2. The molecule has 0 nitrogen and oxygen atoms in total. The average Bonchev–Trinajstić information content (AvgIpc) is 3.15. The maximum atomic E-state index is 4.09. The second kappa shape index (κ2) is 10.8. The van der Waals surface area contributed by atoms with E-state index in [0.717, 1.165) is 8.95 Å². The summed E-state index contributed by atoms with van der Waals surface area (Å²) in [6.07, 6.45) is 0. The molecule has 0 spiro atoms. The van der Waals surface area contributed by atoms with Crippen molar-refractivity contribution in [3.63, 3.8) is 0 Å². The third-order valence-electron chi connectivity index (χ3n) is 8.36. The van der Waals surface area contributed by atoms with Crippen molar-refractivity contribution < 1.29 is 0 Å². The highest BCUT2D eigenvalue weighted by atomic mass is 79.9. The first-order valence-corrected chi connectivity index (χ1v) is 16.2. The molecular weight excluding hydrogens is 640 g/mol. The Hall–Kier alpha value is -3.20. The predicted octanol–water partition coefficient (Wildman–Crippen LogP) is 13.0. The minimum absolute atomic E-state index is 0.0901. The van der Waals surface area contributed by atoms with Crippen molar-refractivity contribution in [2.75, 3.05) is 0 Å². The van der Waals surface area contributed by atoms with Gasteiger partial charge in [0.25, 0.3) is 0 Å². The summed E-state index contributed by atoms with van der Waals surface area (Å²) in [6, 6.07) is 40.1. The Morgan fingerprint density at radius 1 is 0.357 bits per heavy atom. The molecule has 2 aromatic rings. The number of hydrogen-bond acceptors (Lipinski definition) is 0. The van der Waals surface area contributed by atoms with Gasteiger partial charge in [-0.15, -0.1) is 0 Å². The molecule has 0 aliphatic heterocycles. The second-order valence-corrected chi connectivity index (χ2v) is 14.8. The van der Waals surface area contributed by atoms with Crippen LogP contribution >= 0.6 is 31.9 Å². The molecule has 42 heavy (non-hydrogen) atoms. The van der Waals surface area contributed by atoms with Crippen LogP contribution in [0.3, 0.4) is 0 Å². The Morgan fingerprint density at radius 2 is 0.690 bits per heavy atom. The normalized spacial score (nSPS) is 12.3. The predicted molar refractivity (Wildman–Crippen MR) is 189 cm³/mol. The molecule has 0 bridgehead atoms. The van der Waals surface area contributed by atoms with E-state index in [2.05, 4.69) is 183 Å². The van der Waals surface area contributed by atoms with Crippen LogP contribution in [-0.4, -0.2) is 0 Å². The molecule has 0 aromatic heterocycles. The van der Waals surface area contributed by atoms with Gasteiger partial charge in [0, 0.05) is 20.1 Å². The fraction of sp³-hybridized carbons (Fsp3) is 0.200. The van der Waals surface area contributed by atoms with Gasteiger partial charge in [-0.05, 0) is 98.3 Å². The largest absolute Gasteiger partial charge is 0.0622 e. The Labute approximate surface area is 267 Å². The van der Waals surface area contributed by atoms with E-state index in [1.807, 2.05) is 0 Å². The quantitative estimate of drug-likeness (QED) is 0.175. The highest BCUT2D eigenvalue weighted by Crippen LogP contribution is 2.58. The van der Waals surface area contributed by atoms with Crippen LogP contribution in [0.25, 0.3) is 55.6 Å². The molecule has 6 rings (SSSR count). The van der Waals surface area contributed by atoms with E-state index >= 15 is 0 Å². The highest BCUT2D eigenvalue weighted by Gasteiger charge is 2.31. The van der Waals surface area contributed by atoms with Crippen molar-refractivity contribution in [1.29, 1.82) is 0 Å². The summed E-state index contributed by atoms with van der Waals surface area (Å²) in [5.74, 6) is 0. The van der Waals surface area contributed by atoms with Crippen LogP contribution in [0.4, 0.5) is 0 Å². The molecule has 0 radical (unpaired) electrons. The summed E-state index contributed by atoms with van der Waals surface area (Å²) in [4.78, 5) is 0. The lowest BCUT2D eigenvalue weighted by molar-refractivity contribution is 0.590. The van der Waals surface area contributed by atoms with E-state index in [-0.39, 0.29) is 10.8 Å². The topological polar surface area (TPSA) is 0 Å². The van der Waals surface area contributed by atoms with Crippen LogP contribution in [0.1, 0.15) is 52.7 Å². The second-order valence-electron chi connectivity index (χ2n) is 13.3. The first-order valence-electron chi connectivity index (χ1n) is 14.6. The Bertz CT molecular complexity index is 1700. The number of benzene rings is 2. The maximum Gasteiger partial charge on any atom is 0.0344 e. The standard InChI is InChI=1S/C40H36Br2/c1-39(2,3)27-21-17-25(18-22-27)33-29-13-9-7-10-14-30(29)34(26-19-23-28(24-20-26)40(4,5)6)35(33)36-37(41)31-15-11-8-12-16-32(31)38(36)42/h7-24H,1-6H3. The summed E-state index contributed by atoms with van der Waals surface area (Å²) in [6.45, 7) is 13.6. The van der Waals surface area contributed by atoms with Gasteiger partial charge in [0.05, 0.1) is 0 Å². The molecule has 2 heteroatoms. The van der Waals surface area contributed by atoms with E-state index in [1.54, 1.807) is 0 Å². The van der Waals surface area contributed by atoms with Gasteiger partial charge in [-0.3, -0.25) is 0 Å². The number of hydrogen-bond donors (Lipinski definition) is 0. The summed E-state index contributed by atoms with van der Waals surface area (Å²) in [7, 11) is 0. The minimum Gasteiger partial charge on any atom is -0.0622 e. The zero-order valence-electron chi connectivity index (χ0n) is 25.1.